The number of rotatable bonds is 6. The lowest BCUT2D eigenvalue weighted by molar-refractivity contribution is -0.151. The van der Waals surface area contributed by atoms with Crippen LogP contribution in [0.3, 0.4) is 0 Å². The maximum absolute atomic E-state index is 13.0. The van der Waals surface area contributed by atoms with Crippen molar-refractivity contribution in [1.29, 1.82) is 0 Å². The lowest BCUT2D eigenvalue weighted by atomic mass is 9.89. The van der Waals surface area contributed by atoms with Crippen LogP contribution in [0.15, 0.2) is 60.2 Å². The zero-order valence-corrected chi connectivity index (χ0v) is 28.3. The third-order valence-electron chi connectivity index (χ3n) is 9.13. The summed E-state index contributed by atoms with van der Waals surface area (Å²) in [6.45, 7) is 11.1. The van der Waals surface area contributed by atoms with Gasteiger partial charge in [0.05, 0.1) is 19.1 Å². The van der Waals surface area contributed by atoms with Gasteiger partial charge in [0, 0.05) is 51.1 Å². The van der Waals surface area contributed by atoms with Crippen molar-refractivity contribution < 1.29 is 38.8 Å². The average molecular weight is 654 g/mol. The molecule has 0 aromatic heterocycles. The van der Waals surface area contributed by atoms with E-state index in [0.29, 0.717) is 26.2 Å². The molecule has 1 aromatic rings. The highest BCUT2D eigenvalue weighted by Gasteiger charge is 2.37. The number of esters is 1. The van der Waals surface area contributed by atoms with Crippen LogP contribution in [0.5, 0.6) is 0 Å². The molecule has 4 rings (SSSR count). The molecule has 1 saturated heterocycles. The zero-order valence-electron chi connectivity index (χ0n) is 28.3. The molecule has 1 aromatic carbocycles. The molecule has 0 saturated carbocycles. The zero-order chi connectivity index (χ0) is 34.1. The monoisotopic (exact) mass is 653 g/mol. The summed E-state index contributed by atoms with van der Waals surface area (Å²) in [5, 5.41) is 21.9. The van der Waals surface area contributed by atoms with E-state index in [9.17, 15) is 24.6 Å². The predicted octanol–water partition coefficient (Wildman–Crippen LogP) is 4.43. The van der Waals surface area contributed by atoms with Crippen LogP contribution in [0.1, 0.15) is 58.1 Å². The van der Waals surface area contributed by atoms with E-state index in [4.69, 9.17) is 14.2 Å². The summed E-state index contributed by atoms with van der Waals surface area (Å²) < 4.78 is 17.3. The number of likely N-dealkylation sites (N-methyl/N-ethyl adjacent to an activating group) is 1. The van der Waals surface area contributed by atoms with Crippen molar-refractivity contribution in [3.8, 4) is 0 Å². The molecule has 2 amide bonds. The highest BCUT2D eigenvalue weighted by molar-refractivity contribution is 5.71. The van der Waals surface area contributed by atoms with Gasteiger partial charge < -0.3 is 34.2 Å². The molecular weight excluding hydrogens is 602 g/mol. The number of hydrogen-bond donors (Lipinski definition) is 2. The van der Waals surface area contributed by atoms with Gasteiger partial charge in [0.2, 0.25) is 0 Å². The average Bonchev–Trinajstić information content (AvgIpc) is 3.47. The first-order valence-electron chi connectivity index (χ1n) is 16.6. The highest BCUT2D eigenvalue weighted by Crippen LogP contribution is 2.28. The molecule has 47 heavy (non-hydrogen) atoms. The van der Waals surface area contributed by atoms with Crippen LogP contribution >= 0.6 is 0 Å². The molecule has 6 atom stereocenters. The molecule has 0 radical (unpaired) electrons. The Hall–Kier alpha value is -3.67. The number of fused-ring (bicyclic) bond motifs is 1. The summed E-state index contributed by atoms with van der Waals surface area (Å²) in [4.78, 5) is 43.9. The van der Waals surface area contributed by atoms with Crippen LogP contribution in [0.4, 0.5) is 9.59 Å². The number of allylic oxidation sites excluding steroid dienone is 2. The van der Waals surface area contributed by atoms with Crippen LogP contribution in [0.25, 0.3) is 0 Å². The van der Waals surface area contributed by atoms with Gasteiger partial charge in [0.1, 0.15) is 11.7 Å². The molecule has 11 nitrogen and oxygen atoms in total. The summed E-state index contributed by atoms with van der Waals surface area (Å²) in [6.07, 6.45) is 5.59. The third kappa shape index (κ3) is 10.4. The predicted molar refractivity (Wildman–Crippen MR) is 177 cm³/mol. The SMILES string of the molecule is C/C(=C\C=C\[C@@H](C)COC(=O)N1Cc2ccccc2C1)[C@H]1OC(=O)C[C@@H](O)CC[C@](C)(O)[C@@H](OC(=O)N2CCN(C)CC2)/C=C/[C@@H]1C. The van der Waals surface area contributed by atoms with Gasteiger partial charge >= 0.3 is 18.2 Å². The Kier molecular flexibility index (Phi) is 12.6. The van der Waals surface area contributed by atoms with Gasteiger partial charge in [-0.1, -0.05) is 62.4 Å². The number of hydrogen-bond acceptors (Lipinski definition) is 9. The summed E-state index contributed by atoms with van der Waals surface area (Å²) in [6, 6.07) is 7.97. The quantitative estimate of drug-likeness (QED) is 0.198. The number of carbonyl (C=O) groups is 3. The molecule has 258 valence electrons. The van der Waals surface area contributed by atoms with E-state index in [-0.39, 0.29) is 43.8 Å². The molecule has 3 aliphatic heterocycles. The van der Waals surface area contributed by atoms with Crippen molar-refractivity contribution in [3.63, 3.8) is 0 Å². The fourth-order valence-electron chi connectivity index (χ4n) is 5.93. The second-order valence-corrected chi connectivity index (χ2v) is 13.5. The second kappa shape index (κ2) is 16.4. The number of aliphatic hydroxyl groups is 2. The van der Waals surface area contributed by atoms with Crippen LogP contribution in [-0.4, -0.2) is 107 Å². The lowest BCUT2D eigenvalue weighted by Gasteiger charge is -2.36. The summed E-state index contributed by atoms with van der Waals surface area (Å²) >= 11 is 0. The molecule has 0 unspecified atom stereocenters. The van der Waals surface area contributed by atoms with Crippen LogP contribution in [-0.2, 0) is 32.1 Å². The Bertz CT molecular complexity index is 1310. The van der Waals surface area contributed by atoms with E-state index < -0.39 is 36.0 Å². The van der Waals surface area contributed by atoms with Gasteiger partial charge in [0.15, 0.2) is 6.10 Å². The summed E-state index contributed by atoms with van der Waals surface area (Å²) in [5.74, 6) is -0.942. The largest absolute Gasteiger partial charge is 0.457 e. The first kappa shape index (κ1) is 36.2. The molecule has 0 aliphatic carbocycles. The number of ether oxygens (including phenoxy) is 3. The van der Waals surface area contributed by atoms with Crippen molar-refractivity contribution in [2.45, 2.75) is 84.0 Å². The molecule has 3 aliphatic rings. The lowest BCUT2D eigenvalue weighted by Crippen LogP contribution is -2.50. The first-order chi connectivity index (χ1) is 22.3. The van der Waals surface area contributed by atoms with E-state index >= 15 is 0 Å². The fourth-order valence-corrected chi connectivity index (χ4v) is 5.93. The maximum atomic E-state index is 13.0. The van der Waals surface area contributed by atoms with E-state index in [1.165, 1.54) is 0 Å². The smallest absolute Gasteiger partial charge is 0.410 e. The minimum atomic E-state index is -1.47. The minimum absolute atomic E-state index is 0.0581. The van der Waals surface area contributed by atoms with Gasteiger partial charge in [-0.25, -0.2) is 9.59 Å². The standard InChI is InChI=1S/C36H51N3O8/c1-25(24-45-34(42)39-22-28-11-6-7-12-29(28)23-39)9-8-10-26(2)33-27(3)13-14-31(46-35(43)38-19-17-37(5)18-20-38)36(4,44)16-15-30(40)21-32(41)47-33/h6-14,25,27,30-31,33,40,44H,15-24H2,1-5H3/b9-8+,14-13+,26-10+/t25-,27+,30+,31+,33-,36+/m1/s1. The van der Waals surface area contributed by atoms with Crippen molar-refractivity contribution in [2.75, 3.05) is 39.8 Å². The third-order valence-corrected chi connectivity index (χ3v) is 9.13. The van der Waals surface area contributed by atoms with Crippen molar-refractivity contribution in [1.82, 2.24) is 14.7 Å². The van der Waals surface area contributed by atoms with Crippen molar-refractivity contribution >= 4 is 18.2 Å². The van der Waals surface area contributed by atoms with Crippen molar-refractivity contribution in [2.24, 2.45) is 11.8 Å². The van der Waals surface area contributed by atoms with Crippen LogP contribution < -0.4 is 0 Å². The fraction of sp³-hybridized carbons (Fsp3) is 0.583. The Morgan fingerprint density at radius 3 is 2.40 bits per heavy atom. The molecule has 3 heterocycles. The van der Waals surface area contributed by atoms with E-state index in [1.807, 2.05) is 70.3 Å². The summed E-state index contributed by atoms with van der Waals surface area (Å²) in [7, 11) is 2.00. The second-order valence-electron chi connectivity index (χ2n) is 13.5. The van der Waals surface area contributed by atoms with Gasteiger partial charge in [-0.05, 0) is 56.5 Å². The molecule has 0 bridgehead atoms. The maximum Gasteiger partial charge on any atom is 0.410 e. The Labute approximate surface area is 278 Å². The van der Waals surface area contributed by atoms with Gasteiger partial charge in [0.25, 0.3) is 0 Å². The van der Waals surface area contributed by atoms with E-state index in [2.05, 4.69) is 4.90 Å². The van der Waals surface area contributed by atoms with Crippen LogP contribution in [0, 0.1) is 11.8 Å². The summed E-state index contributed by atoms with van der Waals surface area (Å²) in [5.41, 5.74) is 1.56. The van der Waals surface area contributed by atoms with Crippen molar-refractivity contribution in [3.05, 3.63) is 71.3 Å². The number of piperazine rings is 1. The molecular formula is C36H51N3O8. The van der Waals surface area contributed by atoms with Gasteiger partial charge in [-0.2, -0.15) is 0 Å². The van der Waals surface area contributed by atoms with Gasteiger partial charge in [-0.3, -0.25) is 9.69 Å². The van der Waals surface area contributed by atoms with Crippen LogP contribution in [0.2, 0.25) is 0 Å². The number of nitrogens with zero attached hydrogens (tertiary/aromatic N) is 3. The van der Waals surface area contributed by atoms with Gasteiger partial charge in [-0.15, -0.1) is 0 Å². The molecule has 1 fully saturated rings. The number of amides is 2. The molecule has 2 N–H and O–H groups in total. The molecule has 11 heteroatoms. The first-order valence-corrected chi connectivity index (χ1v) is 16.6. The normalized spacial score (nSPS) is 29.3. The van der Waals surface area contributed by atoms with E-state index in [0.717, 1.165) is 29.8 Å². The highest BCUT2D eigenvalue weighted by atomic mass is 16.6. The Morgan fingerprint density at radius 2 is 1.74 bits per heavy atom. The number of cyclic esters (lactones) is 1. The molecule has 0 spiro atoms. The Morgan fingerprint density at radius 1 is 1.09 bits per heavy atom. The number of aliphatic hydroxyl groups excluding tert-OH is 1. The minimum Gasteiger partial charge on any atom is -0.457 e. The number of carbonyl (C=O) groups excluding carboxylic acids is 3. The topological polar surface area (TPSA) is 129 Å². The number of benzene rings is 1. The Balaban J connectivity index is 1.40. The van der Waals surface area contributed by atoms with E-state index in [1.54, 1.807) is 28.9 Å².